The molecular weight excluding hydrogens is 362 g/mol. The Balaban J connectivity index is 2.18. The van der Waals surface area contributed by atoms with Crippen molar-refractivity contribution in [2.24, 2.45) is 0 Å². The summed E-state index contributed by atoms with van der Waals surface area (Å²) in [5.41, 5.74) is 2.43. The molecule has 0 aliphatic rings. The molecule has 0 heterocycles. The van der Waals surface area contributed by atoms with Crippen LogP contribution in [0.2, 0.25) is 5.02 Å². The van der Waals surface area contributed by atoms with Crippen molar-refractivity contribution < 1.29 is 17.9 Å². The zero-order valence-electron chi connectivity index (χ0n) is 14.3. The van der Waals surface area contributed by atoms with Crippen LogP contribution >= 0.6 is 11.6 Å². The number of sulfonamides is 1. The SMILES string of the molecule is CCOC(=O)Cc1ccc(NS(=O)(=O)c2cc(C)c(Cl)cc2C)cc1. The average molecular weight is 382 g/mol. The van der Waals surface area contributed by atoms with E-state index in [4.69, 9.17) is 16.3 Å². The molecule has 0 saturated heterocycles. The highest BCUT2D eigenvalue weighted by atomic mass is 35.5. The van der Waals surface area contributed by atoms with Crippen molar-refractivity contribution >= 4 is 33.3 Å². The van der Waals surface area contributed by atoms with Gasteiger partial charge in [0, 0.05) is 10.7 Å². The van der Waals surface area contributed by atoms with Crippen LogP contribution in [0.5, 0.6) is 0 Å². The molecule has 7 heteroatoms. The van der Waals surface area contributed by atoms with Gasteiger partial charge in [0.15, 0.2) is 0 Å². The van der Waals surface area contributed by atoms with Gasteiger partial charge in [0.05, 0.1) is 17.9 Å². The van der Waals surface area contributed by atoms with E-state index in [0.717, 1.165) is 5.56 Å². The van der Waals surface area contributed by atoms with Gasteiger partial charge in [0.1, 0.15) is 0 Å². The Bertz CT molecular complexity index is 877. The van der Waals surface area contributed by atoms with Gasteiger partial charge in [-0.3, -0.25) is 9.52 Å². The second-order valence-corrected chi connectivity index (χ2v) is 7.71. The minimum Gasteiger partial charge on any atom is -0.466 e. The van der Waals surface area contributed by atoms with Crippen LogP contribution in [0, 0.1) is 13.8 Å². The molecule has 2 aromatic rings. The monoisotopic (exact) mass is 381 g/mol. The lowest BCUT2D eigenvalue weighted by atomic mass is 10.1. The van der Waals surface area contributed by atoms with E-state index in [1.54, 1.807) is 57.2 Å². The van der Waals surface area contributed by atoms with Gasteiger partial charge in [0.2, 0.25) is 0 Å². The number of nitrogens with one attached hydrogen (secondary N) is 1. The van der Waals surface area contributed by atoms with Crippen molar-refractivity contribution in [3.05, 3.63) is 58.1 Å². The Kier molecular flexibility index (Phi) is 6.08. The molecule has 0 unspecified atom stereocenters. The van der Waals surface area contributed by atoms with Crippen molar-refractivity contribution in [3.8, 4) is 0 Å². The number of carbonyl (C=O) groups excluding carboxylic acids is 1. The molecule has 0 fully saturated rings. The third-order valence-electron chi connectivity index (χ3n) is 3.61. The van der Waals surface area contributed by atoms with Crippen LogP contribution in [0.1, 0.15) is 23.6 Å². The summed E-state index contributed by atoms with van der Waals surface area (Å²) < 4.78 is 32.6. The molecule has 0 saturated carbocycles. The quantitative estimate of drug-likeness (QED) is 0.771. The zero-order valence-corrected chi connectivity index (χ0v) is 15.9. The van der Waals surface area contributed by atoms with Gasteiger partial charge in [0.25, 0.3) is 10.0 Å². The number of anilines is 1. The molecule has 2 aromatic carbocycles. The molecule has 0 aliphatic carbocycles. The van der Waals surface area contributed by atoms with E-state index < -0.39 is 10.0 Å². The van der Waals surface area contributed by atoms with Crippen LogP contribution in [0.25, 0.3) is 0 Å². The topological polar surface area (TPSA) is 72.5 Å². The number of halogens is 1. The summed E-state index contributed by atoms with van der Waals surface area (Å²) in [6, 6.07) is 9.79. The fourth-order valence-electron chi connectivity index (χ4n) is 2.32. The summed E-state index contributed by atoms with van der Waals surface area (Å²) in [4.78, 5) is 11.6. The zero-order chi connectivity index (χ0) is 18.6. The normalized spacial score (nSPS) is 11.2. The molecule has 1 N–H and O–H groups in total. The fourth-order valence-corrected chi connectivity index (χ4v) is 3.91. The van der Waals surface area contributed by atoms with Gasteiger partial charge in [-0.05, 0) is 61.7 Å². The van der Waals surface area contributed by atoms with E-state index in [2.05, 4.69) is 4.72 Å². The molecule has 2 rings (SSSR count). The third kappa shape index (κ3) is 4.96. The Labute approximate surface area is 153 Å². The summed E-state index contributed by atoms with van der Waals surface area (Å²) in [6.45, 7) is 5.53. The molecule has 0 aliphatic heterocycles. The molecule has 5 nitrogen and oxygen atoms in total. The molecule has 25 heavy (non-hydrogen) atoms. The van der Waals surface area contributed by atoms with Gasteiger partial charge in [-0.25, -0.2) is 8.42 Å². The second-order valence-electron chi connectivity index (χ2n) is 5.65. The maximum Gasteiger partial charge on any atom is 0.310 e. The first-order valence-electron chi connectivity index (χ1n) is 7.77. The summed E-state index contributed by atoms with van der Waals surface area (Å²) in [5.74, 6) is -0.317. The van der Waals surface area contributed by atoms with E-state index >= 15 is 0 Å². The standard InChI is InChI=1S/C18H20ClNO4S/c1-4-24-18(21)11-14-5-7-15(8-6-14)20-25(22,23)17-10-12(2)16(19)9-13(17)3/h5-10,20H,4,11H2,1-3H3. The second kappa shape index (κ2) is 7.89. The largest absolute Gasteiger partial charge is 0.466 e. The lowest BCUT2D eigenvalue weighted by Crippen LogP contribution is -2.14. The van der Waals surface area contributed by atoms with Crippen molar-refractivity contribution in [3.63, 3.8) is 0 Å². The highest BCUT2D eigenvalue weighted by molar-refractivity contribution is 7.92. The Hall–Kier alpha value is -2.05. The van der Waals surface area contributed by atoms with Crippen LogP contribution in [-0.4, -0.2) is 21.0 Å². The lowest BCUT2D eigenvalue weighted by molar-refractivity contribution is -0.142. The molecule has 0 amide bonds. The lowest BCUT2D eigenvalue weighted by Gasteiger charge is -2.12. The molecule has 0 aromatic heterocycles. The average Bonchev–Trinajstić information content (AvgIpc) is 2.52. The number of benzene rings is 2. The van der Waals surface area contributed by atoms with Gasteiger partial charge in [-0.2, -0.15) is 0 Å². The number of hydrogen-bond acceptors (Lipinski definition) is 4. The van der Waals surface area contributed by atoms with Crippen LogP contribution in [0.4, 0.5) is 5.69 Å². The number of ether oxygens (including phenoxy) is 1. The van der Waals surface area contributed by atoms with Crippen molar-refractivity contribution in [2.45, 2.75) is 32.1 Å². The van der Waals surface area contributed by atoms with Crippen LogP contribution in [0.15, 0.2) is 41.3 Å². The first-order chi connectivity index (χ1) is 11.7. The van der Waals surface area contributed by atoms with Crippen molar-refractivity contribution in [1.29, 1.82) is 0 Å². The van der Waals surface area contributed by atoms with Crippen molar-refractivity contribution in [1.82, 2.24) is 0 Å². The van der Waals surface area contributed by atoms with Gasteiger partial charge < -0.3 is 4.74 Å². The molecular formula is C18H20ClNO4S. The molecule has 0 atom stereocenters. The first-order valence-corrected chi connectivity index (χ1v) is 9.63. The third-order valence-corrected chi connectivity index (χ3v) is 5.54. The highest BCUT2D eigenvalue weighted by Gasteiger charge is 2.18. The minimum absolute atomic E-state index is 0.149. The Morgan fingerprint density at radius 2 is 1.76 bits per heavy atom. The van der Waals surface area contributed by atoms with Crippen LogP contribution in [0.3, 0.4) is 0 Å². The molecule has 0 radical (unpaired) electrons. The summed E-state index contributed by atoms with van der Waals surface area (Å²) in [6.07, 6.45) is 0.149. The predicted molar refractivity (Wildman–Crippen MR) is 98.5 cm³/mol. The summed E-state index contributed by atoms with van der Waals surface area (Å²) >= 11 is 6.02. The number of rotatable bonds is 6. The maximum absolute atomic E-state index is 12.6. The number of hydrogen-bond donors (Lipinski definition) is 1. The molecule has 0 bridgehead atoms. The number of carbonyl (C=O) groups is 1. The summed E-state index contributed by atoms with van der Waals surface area (Å²) in [5, 5.41) is 0.528. The van der Waals surface area contributed by atoms with E-state index in [0.29, 0.717) is 28.4 Å². The van der Waals surface area contributed by atoms with Crippen LogP contribution < -0.4 is 4.72 Å². The van der Waals surface area contributed by atoms with E-state index in [1.165, 1.54) is 0 Å². The number of esters is 1. The van der Waals surface area contributed by atoms with E-state index in [-0.39, 0.29) is 17.3 Å². The number of aryl methyl sites for hydroxylation is 2. The van der Waals surface area contributed by atoms with E-state index in [9.17, 15) is 13.2 Å². The van der Waals surface area contributed by atoms with E-state index in [1.807, 2.05) is 0 Å². The fraction of sp³-hybridized carbons (Fsp3) is 0.278. The Morgan fingerprint density at radius 3 is 2.36 bits per heavy atom. The van der Waals surface area contributed by atoms with Crippen LogP contribution in [-0.2, 0) is 26.0 Å². The van der Waals surface area contributed by atoms with Gasteiger partial charge in [-0.1, -0.05) is 23.7 Å². The van der Waals surface area contributed by atoms with Gasteiger partial charge in [-0.15, -0.1) is 0 Å². The smallest absolute Gasteiger partial charge is 0.310 e. The Morgan fingerprint density at radius 1 is 1.12 bits per heavy atom. The maximum atomic E-state index is 12.6. The molecule has 134 valence electrons. The summed E-state index contributed by atoms with van der Waals surface area (Å²) in [7, 11) is -3.73. The van der Waals surface area contributed by atoms with Crippen molar-refractivity contribution in [2.75, 3.05) is 11.3 Å². The van der Waals surface area contributed by atoms with Gasteiger partial charge >= 0.3 is 5.97 Å². The highest BCUT2D eigenvalue weighted by Crippen LogP contribution is 2.25. The predicted octanol–water partition coefficient (Wildman–Crippen LogP) is 3.86. The molecule has 0 spiro atoms. The first kappa shape index (κ1) is 19.3. The minimum atomic E-state index is -3.73.